The van der Waals surface area contributed by atoms with E-state index in [1.165, 1.54) is 67.3 Å². The highest BCUT2D eigenvalue weighted by Crippen LogP contribution is 2.44. The highest BCUT2D eigenvalue weighted by Gasteiger charge is 2.14. The minimum atomic E-state index is 1.17. The molecule has 0 aliphatic heterocycles. The van der Waals surface area contributed by atoms with E-state index < -0.39 is 0 Å². The molecule has 0 unspecified atom stereocenters. The summed E-state index contributed by atoms with van der Waals surface area (Å²) in [5, 5.41) is 7.55. The SMILES string of the molecule is C=Cc1c(Sc2ccc3ccccc3c2)cc(Sc2ccc3ccccc3c2)cc1Sc1ccc2ccccc2c1. The smallest absolute Gasteiger partial charge is 0.0217 e. The van der Waals surface area contributed by atoms with Crippen LogP contribution in [0.4, 0.5) is 0 Å². The van der Waals surface area contributed by atoms with Crippen molar-refractivity contribution in [1.29, 1.82) is 0 Å². The Bertz CT molecular complexity index is 1960. The summed E-state index contributed by atoms with van der Waals surface area (Å²) in [6.07, 6.45) is 2.01. The number of benzene rings is 7. The topological polar surface area (TPSA) is 0 Å². The first kappa shape index (κ1) is 26.0. The Morgan fingerprint density at radius 1 is 0.366 bits per heavy atom. The van der Waals surface area contributed by atoms with Crippen molar-refractivity contribution in [3.05, 3.63) is 152 Å². The van der Waals surface area contributed by atoms with Crippen molar-refractivity contribution in [2.24, 2.45) is 0 Å². The molecule has 0 nitrogen and oxygen atoms in total. The predicted octanol–water partition coefficient (Wildman–Crippen LogP) is 12.2. The Kier molecular flexibility index (Phi) is 7.33. The van der Waals surface area contributed by atoms with Crippen LogP contribution >= 0.6 is 35.3 Å². The molecular formula is C38H26S3. The van der Waals surface area contributed by atoms with Gasteiger partial charge in [0.1, 0.15) is 0 Å². The lowest BCUT2D eigenvalue weighted by Gasteiger charge is -2.15. The van der Waals surface area contributed by atoms with Crippen molar-refractivity contribution in [2.75, 3.05) is 0 Å². The van der Waals surface area contributed by atoms with Crippen molar-refractivity contribution >= 4 is 73.7 Å². The summed E-state index contributed by atoms with van der Waals surface area (Å²) in [6.45, 7) is 4.25. The molecule has 0 saturated carbocycles. The van der Waals surface area contributed by atoms with Crippen LogP contribution in [0, 0.1) is 0 Å². The fraction of sp³-hybridized carbons (Fsp3) is 0. The van der Waals surface area contributed by atoms with Gasteiger partial charge in [-0.05, 0) is 80.8 Å². The third kappa shape index (κ3) is 5.67. The van der Waals surface area contributed by atoms with E-state index in [4.69, 9.17) is 0 Å². The minimum Gasteiger partial charge on any atom is -0.0984 e. The molecule has 0 heterocycles. The second-order valence-corrected chi connectivity index (χ2v) is 13.2. The summed E-state index contributed by atoms with van der Waals surface area (Å²) in [7, 11) is 0. The maximum atomic E-state index is 4.25. The largest absolute Gasteiger partial charge is 0.0984 e. The van der Waals surface area contributed by atoms with Gasteiger partial charge < -0.3 is 0 Å². The summed E-state index contributed by atoms with van der Waals surface area (Å²) in [5.41, 5.74) is 1.17. The van der Waals surface area contributed by atoms with Crippen molar-refractivity contribution in [3.63, 3.8) is 0 Å². The van der Waals surface area contributed by atoms with E-state index in [2.05, 4.69) is 146 Å². The fourth-order valence-electron chi connectivity index (χ4n) is 5.09. The van der Waals surface area contributed by atoms with Gasteiger partial charge in [-0.15, -0.1) is 0 Å². The molecule has 41 heavy (non-hydrogen) atoms. The van der Waals surface area contributed by atoms with E-state index >= 15 is 0 Å². The number of hydrogen-bond acceptors (Lipinski definition) is 3. The van der Waals surface area contributed by atoms with E-state index in [0.717, 1.165) is 0 Å². The molecule has 0 amide bonds. The van der Waals surface area contributed by atoms with Crippen molar-refractivity contribution in [1.82, 2.24) is 0 Å². The van der Waals surface area contributed by atoms with E-state index in [1.54, 1.807) is 0 Å². The first-order valence-electron chi connectivity index (χ1n) is 13.5. The maximum absolute atomic E-state index is 4.25. The van der Waals surface area contributed by atoms with Gasteiger partial charge in [0.05, 0.1) is 0 Å². The molecule has 0 bridgehead atoms. The second-order valence-electron chi connectivity index (χ2n) is 9.87. The first-order chi connectivity index (χ1) is 20.2. The fourth-order valence-corrected chi connectivity index (χ4v) is 8.38. The Balaban J connectivity index is 1.30. The van der Waals surface area contributed by atoms with Gasteiger partial charge in [-0.2, -0.15) is 0 Å². The van der Waals surface area contributed by atoms with Crippen LogP contribution in [-0.2, 0) is 0 Å². The van der Waals surface area contributed by atoms with E-state index in [-0.39, 0.29) is 0 Å². The Hall–Kier alpha value is -3.89. The molecule has 0 N–H and O–H groups in total. The lowest BCUT2D eigenvalue weighted by molar-refractivity contribution is 1.20. The standard InChI is InChI=1S/C38H26S3/c1-2-36-37(40-33-19-16-27-10-4-7-13-30(27)22-33)24-35(39-32-18-15-26-9-3-6-12-29(26)21-32)25-38(36)41-34-20-17-28-11-5-8-14-31(28)23-34/h2-25H,1H2. The summed E-state index contributed by atoms with van der Waals surface area (Å²) < 4.78 is 0. The zero-order valence-electron chi connectivity index (χ0n) is 22.3. The van der Waals surface area contributed by atoms with E-state index in [0.29, 0.717) is 0 Å². The first-order valence-corrected chi connectivity index (χ1v) is 16.0. The van der Waals surface area contributed by atoms with Gasteiger partial charge >= 0.3 is 0 Å². The molecule has 0 atom stereocenters. The van der Waals surface area contributed by atoms with Gasteiger partial charge in [-0.25, -0.2) is 0 Å². The van der Waals surface area contributed by atoms with Gasteiger partial charge in [0.15, 0.2) is 0 Å². The molecule has 7 aromatic rings. The van der Waals surface area contributed by atoms with Crippen LogP contribution in [0.15, 0.2) is 175 Å². The zero-order valence-corrected chi connectivity index (χ0v) is 24.7. The summed E-state index contributed by atoms with van der Waals surface area (Å²) in [4.78, 5) is 7.33. The van der Waals surface area contributed by atoms with Crippen LogP contribution in [0.25, 0.3) is 38.4 Å². The third-order valence-electron chi connectivity index (χ3n) is 7.14. The molecule has 0 saturated heterocycles. The molecule has 0 aliphatic carbocycles. The van der Waals surface area contributed by atoms with Crippen molar-refractivity contribution < 1.29 is 0 Å². The minimum absolute atomic E-state index is 1.17. The van der Waals surface area contributed by atoms with Gasteiger partial charge in [-0.1, -0.05) is 139 Å². The van der Waals surface area contributed by atoms with Crippen LogP contribution in [0.2, 0.25) is 0 Å². The van der Waals surface area contributed by atoms with Gasteiger partial charge in [0.2, 0.25) is 0 Å². The van der Waals surface area contributed by atoms with Gasteiger partial charge in [0.25, 0.3) is 0 Å². The predicted molar refractivity (Wildman–Crippen MR) is 181 cm³/mol. The monoisotopic (exact) mass is 578 g/mol. The molecule has 7 rings (SSSR count). The molecule has 0 spiro atoms. The lowest BCUT2D eigenvalue weighted by atomic mass is 10.1. The maximum Gasteiger partial charge on any atom is 0.0217 e. The van der Waals surface area contributed by atoms with Crippen LogP contribution < -0.4 is 0 Å². The quantitative estimate of drug-likeness (QED) is 0.185. The normalized spacial score (nSPS) is 11.3. The van der Waals surface area contributed by atoms with Crippen molar-refractivity contribution in [3.8, 4) is 0 Å². The highest BCUT2D eigenvalue weighted by molar-refractivity contribution is 8.01. The second kappa shape index (κ2) is 11.5. The number of rotatable bonds is 7. The molecule has 0 radical (unpaired) electrons. The van der Waals surface area contributed by atoms with Crippen LogP contribution in [-0.4, -0.2) is 0 Å². The lowest BCUT2D eigenvalue weighted by Crippen LogP contribution is -1.88. The summed E-state index contributed by atoms with van der Waals surface area (Å²) >= 11 is 5.44. The average Bonchev–Trinajstić information content (AvgIpc) is 3.01. The molecule has 0 aliphatic rings. The Morgan fingerprint density at radius 2 is 0.732 bits per heavy atom. The van der Waals surface area contributed by atoms with Crippen LogP contribution in [0.5, 0.6) is 0 Å². The van der Waals surface area contributed by atoms with Gasteiger partial charge in [-0.3, -0.25) is 0 Å². The van der Waals surface area contributed by atoms with E-state index in [1.807, 2.05) is 41.4 Å². The van der Waals surface area contributed by atoms with E-state index in [9.17, 15) is 0 Å². The summed E-state index contributed by atoms with van der Waals surface area (Å²) in [6, 6.07) is 50.4. The Labute approximate surface area is 253 Å². The molecular weight excluding hydrogens is 553 g/mol. The van der Waals surface area contributed by atoms with Crippen LogP contribution in [0.3, 0.4) is 0 Å². The average molecular weight is 579 g/mol. The van der Waals surface area contributed by atoms with Gasteiger partial charge in [0, 0.05) is 34.9 Å². The molecule has 3 heteroatoms. The Morgan fingerprint density at radius 3 is 1.12 bits per heavy atom. The molecule has 196 valence electrons. The molecule has 0 aromatic heterocycles. The third-order valence-corrected chi connectivity index (χ3v) is 10.2. The highest BCUT2D eigenvalue weighted by atomic mass is 32.2. The summed E-state index contributed by atoms with van der Waals surface area (Å²) in [5.74, 6) is 0. The van der Waals surface area contributed by atoms with Crippen LogP contribution in [0.1, 0.15) is 5.56 Å². The van der Waals surface area contributed by atoms with Crippen molar-refractivity contribution in [2.45, 2.75) is 29.4 Å². The molecule has 0 fully saturated rings. The molecule has 7 aromatic carbocycles. The zero-order chi connectivity index (χ0) is 27.6. The number of hydrogen-bond donors (Lipinski definition) is 0. The number of fused-ring (bicyclic) bond motifs is 3.